The second kappa shape index (κ2) is 8.22. The molecule has 1 radical (unpaired) electrons. The molecule has 5 nitrogen and oxygen atoms in total. The topological polar surface area (TPSA) is 37.0 Å². The van der Waals surface area contributed by atoms with Gasteiger partial charge in [0, 0.05) is 57.8 Å². The average Bonchev–Trinajstić information content (AvgIpc) is 2.49. The monoisotopic (exact) mass is 292 g/mol. The van der Waals surface area contributed by atoms with Crippen LogP contribution >= 0.6 is 0 Å². The van der Waals surface area contributed by atoms with E-state index >= 15 is 0 Å². The van der Waals surface area contributed by atoms with Crippen molar-refractivity contribution < 1.29 is 9.47 Å². The zero-order valence-electron chi connectivity index (χ0n) is 13.3. The Balaban J connectivity index is 1.99. The summed E-state index contributed by atoms with van der Waals surface area (Å²) in [4.78, 5) is 4.78. The summed E-state index contributed by atoms with van der Waals surface area (Å²) in [5.41, 5.74) is 2.24. The van der Waals surface area contributed by atoms with Crippen LogP contribution in [0, 0.1) is 6.07 Å². The maximum absolute atomic E-state index is 5.21. The fraction of sp³-hybridized carbons (Fsp3) is 0.625. The van der Waals surface area contributed by atoms with Gasteiger partial charge in [0.1, 0.15) is 0 Å². The highest BCUT2D eigenvalue weighted by atomic mass is 16.5. The standard InChI is InChI=1S/C16H26N3O2/c1-18-7-9-19(10-8-18)16-6-4-5-14(11-16)17-15(12-20-2)13-21-3/h4,6,11,15,17H,7-10,12-13H2,1-3H3. The van der Waals surface area contributed by atoms with Crippen molar-refractivity contribution in [1.82, 2.24) is 4.90 Å². The number of ether oxygens (including phenoxy) is 2. The molecule has 21 heavy (non-hydrogen) atoms. The highest BCUT2D eigenvalue weighted by molar-refractivity contribution is 5.58. The van der Waals surface area contributed by atoms with Gasteiger partial charge in [-0.05, 0) is 19.2 Å². The van der Waals surface area contributed by atoms with Gasteiger partial charge in [-0.2, -0.15) is 0 Å². The second-order valence-electron chi connectivity index (χ2n) is 5.50. The first-order chi connectivity index (χ1) is 10.2. The highest BCUT2D eigenvalue weighted by Crippen LogP contribution is 2.20. The molecule has 0 spiro atoms. The molecule has 1 aromatic carbocycles. The van der Waals surface area contributed by atoms with E-state index in [1.807, 2.05) is 6.07 Å². The number of nitrogens with one attached hydrogen (secondary N) is 1. The molecule has 0 atom stereocenters. The van der Waals surface area contributed by atoms with Crippen molar-refractivity contribution in [3.05, 3.63) is 24.3 Å². The minimum Gasteiger partial charge on any atom is -0.382 e. The van der Waals surface area contributed by atoms with Gasteiger partial charge >= 0.3 is 0 Å². The number of anilines is 2. The number of likely N-dealkylation sites (N-methyl/N-ethyl adjacent to an activating group) is 1. The van der Waals surface area contributed by atoms with Crippen molar-refractivity contribution in [3.8, 4) is 0 Å². The first kappa shape index (κ1) is 16.1. The largest absolute Gasteiger partial charge is 0.382 e. The van der Waals surface area contributed by atoms with Crippen LogP contribution < -0.4 is 10.2 Å². The van der Waals surface area contributed by atoms with Crippen LogP contribution in [0.3, 0.4) is 0 Å². The van der Waals surface area contributed by atoms with Crippen molar-refractivity contribution in [2.24, 2.45) is 0 Å². The summed E-state index contributed by atoms with van der Waals surface area (Å²) in [5.74, 6) is 0. The molecule has 0 unspecified atom stereocenters. The Labute approximate surface area is 127 Å². The molecule has 1 aromatic rings. The Morgan fingerprint density at radius 2 is 1.86 bits per heavy atom. The van der Waals surface area contributed by atoms with Crippen molar-refractivity contribution in [2.45, 2.75) is 6.04 Å². The van der Waals surface area contributed by atoms with Crippen LogP contribution in [0.25, 0.3) is 0 Å². The number of benzene rings is 1. The van der Waals surface area contributed by atoms with E-state index < -0.39 is 0 Å². The number of piperazine rings is 1. The molecule has 1 fully saturated rings. The molecule has 5 heteroatoms. The summed E-state index contributed by atoms with van der Waals surface area (Å²) in [6.07, 6.45) is 0. The zero-order chi connectivity index (χ0) is 15.1. The fourth-order valence-electron chi connectivity index (χ4n) is 2.55. The van der Waals surface area contributed by atoms with E-state index in [0.29, 0.717) is 13.2 Å². The Kier molecular flexibility index (Phi) is 6.29. The second-order valence-corrected chi connectivity index (χ2v) is 5.50. The number of nitrogens with zero attached hydrogens (tertiary/aromatic N) is 2. The predicted octanol–water partition coefficient (Wildman–Crippen LogP) is 1.31. The molecule has 0 saturated carbocycles. The summed E-state index contributed by atoms with van der Waals surface area (Å²) in [6, 6.07) is 9.64. The number of methoxy groups -OCH3 is 2. The van der Waals surface area contributed by atoms with Gasteiger partial charge < -0.3 is 24.6 Å². The van der Waals surface area contributed by atoms with E-state index in [9.17, 15) is 0 Å². The molecule has 1 heterocycles. The molecule has 2 rings (SSSR count). The van der Waals surface area contributed by atoms with Gasteiger partial charge in [-0.3, -0.25) is 0 Å². The summed E-state index contributed by atoms with van der Waals surface area (Å²) in [5, 5.41) is 3.43. The molecule has 1 aliphatic heterocycles. The minimum atomic E-state index is 0.138. The lowest BCUT2D eigenvalue weighted by Gasteiger charge is -2.34. The van der Waals surface area contributed by atoms with Crippen LogP contribution in [0.1, 0.15) is 0 Å². The summed E-state index contributed by atoms with van der Waals surface area (Å²) in [7, 11) is 5.58. The summed E-state index contributed by atoms with van der Waals surface area (Å²) in [6.45, 7) is 5.58. The third-order valence-electron chi connectivity index (χ3n) is 3.75. The highest BCUT2D eigenvalue weighted by Gasteiger charge is 2.15. The third kappa shape index (κ3) is 4.88. The quantitative estimate of drug-likeness (QED) is 0.820. The maximum atomic E-state index is 5.21. The molecule has 117 valence electrons. The van der Waals surface area contributed by atoms with Crippen LogP contribution in [-0.2, 0) is 9.47 Å². The van der Waals surface area contributed by atoms with E-state index in [0.717, 1.165) is 31.9 Å². The maximum Gasteiger partial charge on any atom is 0.0728 e. The summed E-state index contributed by atoms with van der Waals surface area (Å²) >= 11 is 0. The Morgan fingerprint density at radius 3 is 2.48 bits per heavy atom. The normalized spacial score (nSPS) is 16.5. The van der Waals surface area contributed by atoms with E-state index in [1.54, 1.807) is 14.2 Å². The Bertz CT molecular complexity index is 414. The van der Waals surface area contributed by atoms with Gasteiger partial charge in [-0.15, -0.1) is 0 Å². The number of rotatable bonds is 7. The summed E-state index contributed by atoms with van der Waals surface area (Å²) < 4.78 is 10.4. The van der Waals surface area contributed by atoms with E-state index in [-0.39, 0.29) is 6.04 Å². The van der Waals surface area contributed by atoms with Crippen molar-refractivity contribution in [2.75, 3.05) is 70.9 Å². The van der Waals surface area contributed by atoms with Crippen LogP contribution in [0.2, 0.25) is 0 Å². The molecule has 1 saturated heterocycles. The number of hydrogen-bond acceptors (Lipinski definition) is 5. The van der Waals surface area contributed by atoms with E-state index in [2.05, 4.69) is 40.4 Å². The van der Waals surface area contributed by atoms with Crippen LogP contribution in [0.15, 0.2) is 18.2 Å². The minimum absolute atomic E-state index is 0.138. The van der Waals surface area contributed by atoms with Gasteiger partial charge in [0.05, 0.1) is 19.3 Å². The van der Waals surface area contributed by atoms with Gasteiger partial charge in [0.25, 0.3) is 0 Å². The van der Waals surface area contributed by atoms with Crippen LogP contribution in [-0.4, -0.2) is 71.6 Å². The Morgan fingerprint density at radius 1 is 1.19 bits per heavy atom. The number of hydrogen-bond donors (Lipinski definition) is 1. The van der Waals surface area contributed by atoms with Crippen molar-refractivity contribution >= 4 is 11.4 Å². The van der Waals surface area contributed by atoms with Crippen LogP contribution in [0.5, 0.6) is 0 Å². The lowest BCUT2D eigenvalue weighted by atomic mass is 10.2. The lowest BCUT2D eigenvalue weighted by molar-refractivity contribution is 0.126. The van der Waals surface area contributed by atoms with Gasteiger partial charge in [0.15, 0.2) is 0 Å². The molecular weight excluding hydrogens is 266 g/mol. The lowest BCUT2D eigenvalue weighted by Crippen LogP contribution is -2.44. The first-order valence-corrected chi connectivity index (χ1v) is 7.42. The van der Waals surface area contributed by atoms with Gasteiger partial charge in [-0.1, -0.05) is 6.07 Å². The third-order valence-corrected chi connectivity index (χ3v) is 3.75. The Hall–Kier alpha value is -1.30. The average molecular weight is 292 g/mol. The molecule has 1 N–H and O–H groups in total. The predicted molar refractivity (Wildman–Crippen MR) is 86.2 cm³/mol. The molecule has 0 amide bonds. The smallest absolute Gasteiger partial charge is 0.0728 e. The van der Waals surface area contributed by atoms with Crippen molar-refractivity contribution in [1.29, 1.82) is 0 Å². The van der Waals surface area contributed by atoms with Gasteiger partial charge in [-0.25, -0.2) is 0 Å². The molecular formula is C16H26N3O2. The molecule has 1 aliphatic rings. The molecule has 0 aliphatic carbocycles. The molecule has 0 aromatic heterocycles. The zero-order valence-corrected chi connectivity index (χ0v) is 13.3. The van der Waals surface area contributed by atoms with Crippen molar-refractivity contribution in [3.63, 3.8) is 0 Å². The SMILES string of the molecule is COCC(COC)Nc1[c]ccc(N2CCN(C)CC2)c1. The van der Waals surface area contributed by atoms with E-state index in [4.69, 9.17) is 9.47 Å². The molecule has 0 bridgehead atoms. The fourth-order valence-corrected chi connectivity index (χ4v) is 2.55. The van der Waals surface area contributed by atoms with Gasteiger partial charge in [0.2, 0.25) is 0 Å². The first-order valence-electron chi connectivity index (χ1n) is 7.42. The van der Waals surface area contributed by atoms with E-state index in [1.165, 1.54) is 5.69 Å². The van der Waals surface area contributed by atoms with Crippen LogP contribution in [0.4, 0.5) is 11.4 Å².